The molecule has 0 heterocycles. The predicted molar refractivity (Wildman–Crippen MR) is 68.3 cm³/mol. The van der Waals surface area contributed by atoms with E-state index in [0.29, 0.717) is 0 Å². The first-order valence-corrected chi connectivity index (χ1v) is 7.17. The lowest BCUT2D eigenvalue weighted by molar-refractivity contribution is 0.218. The minimum absolute atomic E-state index is 0.745. The van der Waals surface area contributed by atoms with Gasteiger partial charge in [0.1, 0.15) is 0 Å². The molecule has 2 nitrogen and oxygen atoms in total. The summed E-state index contributed by atoms with van der Waals surface area (Å²) >= 11 is 2.07. The summed E-state index contributed by atoms with van der Waals surface area (Å²) in [5.74, 6) is 2.80. The van der Waals surface area contributed by atoms with Crippen molar-refractivity contribution in [2.75, 3.05) is 26.0 Å². The van der Waals surface area contributed by atoms with E-state index >= 15 is 0 Å². The zero-order chi connectivity index (χ0) is 11.1. The lowest BCUT2D eigenvalue weighted by Crippen LogP contribution is -2.32. The second-order valence-corrected chi connectivity index (χ2v) is 5.83. The first-order chi connectivity index (χ1) is 7.31. The maximum Gasteiger partial charge on any atom is 0.0553 e. The van der Waals surface area contributed by atoms with Crippen LogP contribution in [0.3, 0.4) is 0 Å². The van der Waals surface area contributed by atoms with Crippen molar-refractivity contribution in [3.63, 3.8) is 0 Å². The molecule has 0 aromatic rings. The minimum atomic E-state index is 0.745. The molecule has 15 heavy (non-hydrogen) atoms. The Bertz CT molecular complexity index is 166. The third-order valence-corrected chi connectivity index (χ3v) is 4.94. The molecule has 1 fully saturated rings. The Morgan fingerprint density at radius 2 is 2.20 bits per heavy atom. The van der Waals surface area contributed by atoms with Gasteiger partial charge in [0.2, 0.25) is 0 Å². The highest BCUT2D eigenvalue weighted by atomic mass is 32.2. The van der Waals surface area contributed by atoms with Crippen LogP contribution in [0.15, 0.2) is 0 Å². The van der Waals surface area contributed by atoms with Crippen molar-refractivity contribution in [2.24, 2.45) is 17.6 Å². The lowest BCUT2D eigenvalue weighted by Gasteiger charge is -2.35. The van der Waals surface area contributed by atoms with E-state index in [-0.39, 0.29) is 0 Å². The van der Waals surface area contributed by atoms with Crippen molar-refractivity contribution in [1.29, 1.82) is 0 Å². The van der Waals surface area contributed by atoms with Crippen molar-refractivity contribution in [3.05, 3.63) is 0 Å². The summed E-state index contributed by atoms with van der Waals surface area (Å²) in [5, 5.41) is 0.781. The molecule has 0 amide bonds. The highest BCUT2D eigenvalue weighted by Crippen LogP contribution is 2.37. The van der Waals surface area contributed by atoms with Crippen LogP contribution in [0.4, 0.5) is 0 Å². The molecule has 1 aliphatic rings. The summed E-state index contributed by atoms with van der Waals surface area (Å²) in [5.41, 5.74) is 5.84. The lowest BCUT2D eigenvalue weighted by atomic mass is 9.80. The third-order valence-electron chi connectivity index (χ3n) is 3.54. The second-order valence-electron chi connectivity index (χ2n) is 4.49. The van der Waals surface area contributed by atoms with Crippen molar-refractivity contribution in [3.8, 4) is 0 Å². The Kier molecular flexibility index (Phi) is 6.69. The molecular formula is C12H25NOS. The van der Waals surface area contributed by atoms with Gasteiger partial charge in [0, 0.05) is 18.1 Å². The zero-order valence-corrected chi connectivity index (χ0v) is 10.9. The van der Waals surface area contributed by atoms with Crippen LogP contribution < -0.4 is 5.73 Å². The highest BCUT2D eigenvalue weighted by Gasteiger charge is 2.28. The number of methoxy groups -OCH3 is 1. The van der Waals surface area contributed by atoms with Crippen LogP contribution in [0, 0.1) is 11.8 Å². The van der Waals surface area contributed by atoms with E-state index in [2.05, 4.69) is 18.7 Å². The van der Waals surface area contributed by atoms with E-state index in [1.54, 1.807) is 7.11 Å². The standard InChI is InChI=1S/C12H25NOS/c1-3-10-4-5-11(9-13)12(8-10)15-7-6-14-2/h10-12H,3-9,13H2,1-2H3. The first kappa shape index (κ1) is 13.3. The van der Waals surface area contributed by atoms with Gasteiger partial charge in [-0.05, 0) is 31.2 Å². The fourth-order valence-electron chi connectivity index (χ4n) is 2.40. The van der Waals surface area contributed by atoms with Crippen molar-refractivity contribution in [2.45, 2.75) is 37.9 Å². The fraction of sp³-hybridized carbons (Fsp3) is 1.00. The Labute approximate surface area is 98.3 Å². The Morgan fingerprint density at radius 1 is 1.40 bits per heavy atom. The maximum atomic E-state index is 5.84. The van der Waals surface area contributed by atoms with Crippen molar-refractivity contribution < 1.29 is 4.74 Å². The number of hydrogen-bond donors (Lipinski definition) is 1. The fourth-order valence-corrected chi connectivity index (χ4v) is 3.90. The van der Waals surface area contributed by atoms with Gasteiger partial charge < -0.3 is 10.5 Å². The van der Waals surface area contributed by atoms with Gasteiger partial charge in [-0.3, -0.25) is 0 Å². The molecular weight excluding hydrogens is 206 g/mol. The molecule has 0 saturated heterocycles. The van der Waals surface area contributed by atoms with E-state index in [1.807, 2.05) is 0 Å². The topological polar surface area (TPSA) is 35.2 Å². The van der Waals surface area contributed by atoms with Gasteiger partial charge >= 0.3 is 0 Å². The average molecular weight is 231 g/mol. The molecule has 2 N–H and O–H groups in total. The summed E-state index contributed by atoms with van der Waals surface area (Å²) < 4.78 is 5.10. The van der Waals surface area contributed by atoms with Gasteiger partial charge in [-0.15, -0.1) is 0 Å². The van der Waals surface area contributed by atoms with E-state index < -0.39 is 0 Å². The quantitative estimate of drug-likeness (QED) is 0.713. The Hall–Kier alpha value is 0.270. The number of rotatable bonds is 6. The molecule has 0 aromatic carbocycles. The molecule has 1 aliphatic carbocycles. The van der Waals surface area contributed by atoms with Gasteiger partial charge in [0.15, 0.2) is 0 Å². The normalized spacial score (nSPS) is 31.8. The van der Waals surface area contributed by atoms with Gasteiger partial charge in [0.05, 0.1) is 6.61 Å². The van der Waals surface area contributed by atoms with E-state index in [4.69, 9.17) is 10.5 Å². The van der Waals surface area contributed by atoms with E-state index in [9.17, 15) is 0 Å². The molecule has 0 aromatic heterocycles. The van der Waals surface area contributed by atoms with Crippen LogP contribution in [0.25, 0.3) is 0 Å². The summed E-state index contributed by atoms with van der Waals surface area (Å²) in [6.07, 6.45) is 5.42. The van der Waals surface area contributed by atoms with Gasteiger partial charge in [-0.1, -0.05) is 19.8 Å². The van der Waals surface area contributed by atoms with Crippen LogP contribution in [0.5, 0.6) is 0 Å². The molecule has 1 rings (SSSR count). The molecule has 90 valence electrons. The maximum absolute atomic E-state index is 5.84. The molecule has 0 spiro atoms. The van der Waals surface area contributed by atoms with Crippen LogP contribution in [0.1, 0.15) is 32.6 Å². The van der Waals surface area contributed by atoms with E-state index in [0.717, 1.165) is 36.0 Å². The summed E-state index contributed by atoms with van der Waals surface area (Å²) in [7, 11) is 1.77. The van der Waals surface area contributed by atoms with E-state index in [1.165, 1.54) is 25.7 Å². The SMILES string of the molecule is CCC1CCC(CN)C(SCCOC)C1. The van der Waals surface area contributed by atoms with Gasteiger partial charge in [-0.25, -0.2) is 0 Å². The molecule has 0 bridgehead atoms. The summed E-state index contributed by atoms with van der Waals surface area (Å²) in [6, 6.07) is 0. The first-order valence-electron chi connectivity index (χ1n) is 6.12. The number of nitrogens with two attached hydrogens (primary N) is 1. The molecule has 0 aliphatic heterocycles. The monoisotopic (exact) mass is 231 g/mol. The second kappa shape index (κ2) is 7.53. The zero-order valence-electron chi connectivity index (χ0n) is 10.1. The van der Waals surface area contributed by atoms with Crippen molar-refractivity contribution >= 4 is 11.8 Å². The van der Waals surface area contributed by atoms with Crippen molar-refractivity contribution in [1.82, 2.24) is 0 Å². The molecule has 0 radical (unpaired) electrons. The van der Waals surface area contributed by atoms with Crippen LogP contribution in [-0.4, -0.2) is 31.3 Å². The number of hydrogen-bond acceptors (Lipinski definition) is 3. The number of ether oxygens (including phenoxy) is 1. The molecule has 3 atom stereocenters. The number of thioether (sulfide) groups is 1. The Morgan fingerprint density at radius 3 is 2.80 bits per heavy atom. The van der Waals surface area contributed by atoms with Crippen LogP contribution in [0.2, 0.25) is 0 Å². The minimum Gasteiger partial charge on any atom is -0.384 e. The third kappa shape index (κ3) is 4.33. The van der Waals surface area contributed by atoms with Gasteiger partial charge in [0.25, 0.3) is 0 Å². The summed E-state index contributed by atoms with van der Waals surface area (Å²) in [6.45, 7) is 4.04. The molecule has 1 saturated carbocycles. The van der Waals surface area contributed by atoms with Crippen LogP contribution >= 0.6 is 11.8 Å². The highest BCUT2D eigenvalue weighted by molar-refractivity contribution is 7.99. The van der Waals surface area contributed by atoms with Gasteiger partial charge in [-0.2, -0.15) is 11.8 Å². The molecule has 3 unspecified atom stereocenters. The smallest absolute Gasteiger partial charge is 0.0553 e. The largest absolute Gasteiger partial charge is 0.384 e. The van der Waals surface area contributed by atoms with Crippen LogP contribution in [-0.2, 0) is 4.74 Å². The Balaban J connectivity index is 2.33. The summed E-state index contributed by atoms with van der Waals surface area (Å²) in [4.78, 5) is 0. The average Bonchev–Trinajstić information content (AvgIpc) is 2.29. The predicted octanol–water partition coefficient (Wildman–Crippen LogP) is 2.52. The molecule has 3 heteroatoms.